The summed E-state index contributed by atoms with van der Waals surface area (Å²) in [5.74, 6) is 0.729. The lowest BCUT2D eigenvalue weighted by molar-refractivity contribution is 0.0515. The van der Waals surface area contributed by atoms with Gasteiger partial charge in [-0.05, 0) is 27.2 Å². The Morgan fingerprint density at radius 3 is 2.71 bits per heavy atom. The summed E-state index contributed by atoms with van der Waals surface area (Å²) in [5.41, 5.74) is 2.23. The van der Waals surface area contributed by atoms with Crippen LogP contribution in [0.2, 0.25) is 0 Å². The van der Waals surface area contributed by atoms with Gasteiger partial charge in [-0.3, -0.25) is 0 Å². The molecule has 0 unspecified atom stereocenters. The van der Waals surface area contributed by atoms with E-state index in [2.05, 4.69) is 4.98 Å². The summed E-state index contributed by atoms with van der Waals surface area (Å²) < 4.78 is 10.5. The van der Waals surface area contributed by atoms with Crippen molar-refractivity contribution in [3.05, 3.63) is 17.0 Å². The SMILES string of the molecule is CCOC(=O)c1[nH]c(C)c(C)c1OCCCCl. The van der Waals surface area contributed by atoms with Crippen LogP contribution < -0.4 is 4.74 Å². The van der Waals surface area contributed by atoms with Gasteiger partial charge in [-0.2, -0.15) is 0 Å². The van der Waals surface area contributed by atoms with Crippen LogP contribution in [0, 0.1) is 13.8 Å². The summed E-state index contributed by atoms with van der Waals surface area (Å²) in [6.07, 6.45) is 0.744. The smallest absolute Gasteiger partial charge is 0.358 e. The lowest BCUT2D eigenvalue weighted by Gasteiger charge is -2.07. The molecule has 0 spiro atoms. The maximum atomic E-state index is 11.7. The normalized spacial score (nSPS) is 10.4. The first-order valence-electron chi connectivity index (χ1n) is 5.66. The standard InChI is InChI=1S/C12H18ClNO3/c1-4-16-12(15)10-11(17-7-5-6-13)8(2)9(3)14-10/h14H,4-7H2,1-3H3. The van der Waals surface area contributed by atoms with Crippen molar-refractivity contribution in [3.8, 4) is 5.75 Å². The number of carbonyl (C=O) groups is 1. The molecule has 0 atom stereocenters. The highest BCUT2D eigenvalue weighted by atomic mass is 35.5. The van der Waals surface area contributed by atoms with Crippen LogP contribution in [0.15, 0.2) is 0 Å². The highest BCUT2D eigenvalue weighted by Crippen LogP contribution is 2.27. The molecule has 0 bridgehead atoms. The van der Waals surface area contributed by atoms with E-state index in [0.717, 1.165) is 17.7 Å². The summed E-state index contributed by atoms with van der Waals surface area (Å²) >= 11 is 5.59. The van der Waals surface area contributed by atoms with Crippen molar-refractivity contribution in [1.29, 1.82) is 0 Å². The third kappa shape index (κ3) is 3.40. The predicted molar refractivity (Wildman–Crippen MR) is 67.1 cm³/mol. The van der Waals surface area contributed by atoms with Crippen molar-refractivity contribution in [3.63, 3.8) is 0 Å². The first-order valence-corrected chi connectivity index (χ1v) is 6.20. The van der Waals surface area contributed by atoms with Crippen LogP contribution in [-0.2, 0) is 4.74 Å². The number of aryl methyl sites for hydroxylation is 1. The van der Waals surface area contributed by atoms with E-state index in [1.54, 1.807) is 6.92 Å². The minimum Gasteiger partial charge on any atom is -0.491 e. The topological polar surface area (TPSA) is 51.3 Å². The molecule has 0 radical (unpaired) electrons. The van der Waals surface area contributed by atoms with E-state index in [1.807, 2.05) is 13.8 Å². The van der Waals surface area contributed by atoms with Gasteiger partial charge in [-0.15, -0.1) is 11.6 Å². The van der Waals surface area contributed by atoms with Gasteiger partial charge < -0.3 is 14.5 Å². The van der Waals surface area contributed by atoms with Crippen LogP contribution in [0.4, 0.5) is 0 Å². The van der Waals surface area contributed by atoms with Crippen LogP contribution in [0.25, 0.3) is 0 Å². The molecule has 5 heteroatoms. The van der Waals surface area contributed by atoms with Crippen molar-refractivity contribution in [2.45, 2.75) is 27.2 Å². The summed E-state index contributed by atoms with van der Waals surface area (Å²) in [6, 6.07) is 0. The van der Waals surface area contributed by atoms with E-state index in [1.165, 1.54) is 0 Å². The van der Waals surface area contributed by atoms with E-state index in [0.29, 0.717) is 30.5 Å². The summed E-state index contributed by atoms with van der Waals surface area (Å²) in [7, 11) is 0. The average Bonchev–Trinajstić information content (AvgIpc) is 2.58. The van der Waals surface area contributed by atoms with Crippen molar-refractivity contribution in [2.75, 3.05) is 19.1 Å². The van der Waals surface area contributed by atoms with E-state index in [4.69, 9.17) is 21.1 Å². The highest BCUT2D eigenvalue weighted by Gasteiger charge is 2.20. The molecule has 0 aliphatic rings. The molecule has 1 aromatic heterocycles. The quantitative estimate of drug-likeness (QED) is 0.486. The van der Waals surface area contributed by atoms with Crippen molar-refractivity contribution in [1.82, 2.24) is 4.98 Å². The first kappa shape index (κ1) is 13.9. The molecule has 0 aromatic carbocycles. The van der Waals surface area contributed by atoms with E-state index >= 15 is 0 Å². The zero-order valence-corrected chi connectivity index (χ0v) is 11.2. The largest absolute Gasteiger partial charge is 0.491 e. The fourth-order valence-electron chi connectivity index (χ4n) is 1.45. The fourth-order valence-corrected chi connectivity index (χ4v) is 1.56. The number of hydrogen-bond donors (Lipinski definition) is 1. The zero-order chi connectivity index (χ0) is 12.8. The Hall–Kier alpha value is -1.16. The molecule has 4 nitrogen and oxygen atoms in total. The summed E-state index contributed by atoms with van der Waals surface area (Å²) in [6.45, 7) is 6.41. The Bertz CT molecular complexity index is 387. The number of rotatable bonds is 6. The third-order valence-electron chi connectivity index (χ3n) is 2.45. The molecular formula is C12H18ClNO3. The van der Waals surface area contributed by atoms with Crippen LogP contribution in [0.1, 0.15) is 35.1 Å². The number of esters is 1. The Kier molecular flexibility index (Phi) is 5.35. The Balaban J connectivity index is 2.88. The fraction of sp³-hybridized carbons (Fsp3) is 0.583. The molecule has 96 valence electrons. The number of ether oxygens (including phenoxy) is 2. The van der Waals surface area contributed by atoms with Crippen LogP contribution in [0.5, 0.6) is 5.75 Å². The minimum atomic E-state index is -0.385. The van der Waals surface area contributed by atoms with Crippen molar-refractivity contribution in [2.24, 2.45) is 0 Å². The molecule has 1 rings (SSSR count). The molecule has 1 aromatic rings. The molecular weight excluding hydrogens is 242 g/mol. The van der Waals surface area contributed by atoms with Gasteiger partial charge in [-0.1, -0.05) is 0 Å². The average molecular weight is 260 g/mol. The van der Waals surface area contributed by atoms with E-state index < -0.39 is 0 Å². The lowest BCUT2D eigenvalue weighted by atomic mass is 10.2. The van der Waals surface area contributed by atoms with Gasteiger partial charge in [0.05, 0.1) is 13.2 Å². The number of hydrogen-bond acceptors (Lipinski definition) is 3. The number of nitrogens with one attached hydrogen (secondary N) is 1. The number of alkyl halides is 1. The second-order valence-electron chi connectivity index (χ2n) is 3.69. The molecule has 0 aliphatic heterocycles. The minimum absolute atomic E-state index is 0.344. The molecule has 0 amide bonds. The van der Waals surface area contributed by atoms with Gasteiger partial charge in [-0.25, -0.2) is 4.79 Å². The van der Waals surface area contributed by atoms with Gasteiger partial charge in [0.15, 0.2) is 11.4 Å². The van der Waals surface area contributed by atoms with Gasteiger partial charge in [0.2, 0.25) is 0 Å². The Morgan fingerprint density at radius 1 is 1.41 bits per heavy atom. The zero-order valence-electron chi connectivity index (χ0n) is 10.4. The number of halogens is 1. The molecule has 0 fully saturated rings. The molecule has 0 aliphatic carbocycles. The van der Waals surface area contributed by atoms with Gasteiger partial charge in [0.25, 0.3) is 0 Å². The number of H-pyrrole nitrogens is 1. The van der Waals surface area contributed by atoms with Crippen LogP contribution in [-0.4, -0.2) is 30.0 Å². The monoisotopic (exact) mass is 259 g/mol. The van der Waals surface area contributed by atoms with E-state index in [9.17, 15) is 4.79 Å². The molecule has 1 N–H and O–H groups in total. The van der Waals surface area contributed by atoms with Crippen molar-refractivity contribution >= 4 is 17.6 Å². The second-order valence-corrected chi connectivity index (χ2v) is 4.07. The maximum Gasteiger partial charge on any atom is 0.358 e. The second kappa shape index (κ2) is 6.55. The third-order valence-corrected chi connectivity index (χ3v) is 2.71. The lowest BCUT2D eigenvalue weighted by Crippen LogP contribution is -2.08. The molecule has 0 saturated carbocycles. The molecule has 0 saturated heterocycles. The Morgan fingerprint density at radius 2 is 2.12 bits per heavy atom. The van der Waals surface area contributed by atoms with Crippen molar-refractivity contribution < 1.29 is 14.3 Å². The van der Waals surface area contributed by atoms with Crippen LogP contribution in [0.3, 0.4) is 0 Å². The number of aromatic nitrogens is 1. The van der Waals surface area contributed by atoms with E-state index in [-0.39, 0.29) is 5.97 Å². The van der Waals surface area contributed by atoms with Gasteiger partial charge in [0.1, 0.15) is 0 Å². The maximum absolute atomic E-state index is 11.7. The summed E-state index contributed by atoms with van der Waals surface area (Å²) in [5, 5.41) is 0. The predicted octanol–water partition coefficient (Wildman–Crippen LogP) is 2.82. The number of aromatic amines is 1. The molecule has 17 heavy (non-hydrogen) atoms. The number of carbonyl (C=O) groups excluding carboxylic acids is 1. The highest BCUT2D eigenvalue weighted by molar-refractivity contribution is 6.17. The summed E-state index contributed by atoms with van der Waals surface area (Å²) in [4.78, 5) is 14.7. The molecule has 1 heterocycles. The van der Waals surface area contributed by atoms with Gasteiger partial charge >= 0.3 is 5.97 Å². The van der Waals surface area contributed by atoms with Crippen LogP contribution >= 0.6 is 11.6 Å². The van der Waals surface area contributed by atoms with Gasteiger partial charge in [0, 0.05) is 17.1 Å². The first-order chi connectivity index (χ1) is 8.11. The Labute approximate surface area is 106 Å².